The van der Waals surface area contributed by atoms with Gasteiger partial charge in [-0.1, -0.05) is 25.8 Å². The molecule has 1 saturated carbocycles. The van der Waals surface area contributed by atoms with Gasteiger partial charge in [0.2, 0.25) is 10.0 Å². The Morgan fingerprint density at radius 2 is 1.95 bits per heavy atom. The number of sulfonamides is 1. The Hall–Kier alpha value is -1.40. The molecule has 0 aliphatic heterocycles. The van der Waals surface area contributed by atoms with Crippen LogP contribution < -0.4 is 10.5 Å². The van der Waals surface area contributed by atoms with Gasteiger partial charge in [0.15, 0.2) is 0 Å². The number of nitrogens with two attached hydrogens (primary N) is 1. The normalized spacial score (nSPS) is 22.8. The fourth-order valence-electron chi connectivity index (χ4n) is 2.80. The molecule has 0 bridgehead atoms. The average molecular weight is 310 g/mol. The highest BCUT2D eigenvalue weighted by Crippen LogP contribution is 2.24. The van der Waals surface area contributed by atoms with Crippen LogP contribution in [0.2, 0.25) is 0 Å². The van der Waals surface area contributed by atoms with Crippen LogP contribution in [0.25, 0.3) is 0 Å². The summed E-state index contributed by atoms with van der Waals surface area (Å²) in [4.78, 5) is 12.4. The number of primary sulfonamides is 1. The lowest BCUT2D eigenvalue weighted by atomic mass is 9.86. The zero-order chi connectivity index (χ0) is 15.6. The highest BCUT2D eigenvalue weighted by Gasteiger charge is 2.24. The molecule has 3 N–H and O–H groups in total. The van der Waals surface area contributed by atoms with E-state index in [-0.39, 0.29) is 16.8 Å². The summed E-state index contributed by atoms with van der Waals surface area (Å²) >= 11 is 0. The molecule has 2 unspecified atom stereocenters. The largest absolute Gasteiger partial charge is 0.349 e. The molecule has 0 heterocycles. The minimum atomic E-state index is -3.80. The lowest BCUT2D eigenvalue weighted by molar-refractivity contribution is 0.0909. The standard InChI is InChI=1S/C15H22N2O3S/c1-10-7-8-12(21(16,19)20)9-13(10)15(18)17-14-6-4-3-5-11(14)2/h7-9,11,14H,3-6H2,1-2H3,(H,17,18)(H2,16,19,20). The van der Waals surface area contributed by atoms with Gasteiger partial charge in [-0.25, -0.2) is 13.6 Å². The summed E-state index contributed by atoms with van der Waals surface area (Å²) in [6.07, 6.45) is 4.40. The van der Waals surface area contributed by atoms with Crippen molar-refractivity contribution in [3.8, 4) is 0 Å². The number of hydrogen-bond donors (Lipinski definition) is 2. The van der Waals surface area contributed by atoms with Gasteiger partial charge in [-0.05, 0) is 43.4 Å². The van der Waals surface area contributed by atoms with Crippen molar-refractivity contribution in [1.82, 2.24) is 5.32 Å². The molecule has 116 valence electrons. The first-order valence-corrected chi connectivity index (χ1v) is 8.78. The molecule has 21 heavy (non-hydrogen) atoms. The third-order valence-corrected chi connectivity index (χ3v) is 5.12. The van der Waals surface area contributed by atoms with E-state index in [0.29, 0.717) is 11.5 Å². The minimum Gasteiger partial charge on any atom is -0.349 e. The van der Waals surface area contributed by atoms with Crippen LogP contribution in [0, 0.1) is 12.8 Å². The maximum Gasteiger partial charge on any atom is 0.251 e. The number of carbonyl (C=O) groups is 1. The molecule has 0 radical (unpaired) electrons. The Kier molecular flexibility index (Phi) is 4.68. The van der Waals surface area contributed by atoms with E-state index in [1.807, 2.05) is 0 Å². The van der Waals surface area contributed by atoms with Gasteiger partial charge in [-0.15, -0.1) is 0 Å². The van der Waals surface area contributed by atoms with Crippen molar-refractivity contribution < 1.29 is 13.2 Å². The number of nitrogens with one attached hydrogen (secondary N) is 1. The summed E-state index contributed by atoms with van der Waals surface area (Å²) in [6.45, 7) is 3.92. The van der Waals surface area contributed by atoms with Gasteiger partial charge in [0.05, 0.1) is 4.90 Å². The van der Waals surface area contributed by atoms with Crippen LogP contribution >= 0.6 is 0 Å². The lowest BCUT2D eigenvalue weighted by Crippen LogP contribution is -2.41. The monoisotopic (exact) mass is 310 g/mol. The predicted octanol–water partition coefficient (Wildman–Crippen LogP) is 1.95. The third-order valence-electron chi connectivity index (χ3n) is 4.21. The van der Waals surface area contributed by atoms with E-state index in [2.05, 4.69) is 12.2 Å². The van der Waals surface area contributed by atoms with Gasteiger partial charge in [0.25, 0.3) is 5.91 Å². The number of amides is 1. The van der Waals surface area contributed by atoms with Gasteiger partial charge < -0.3 is 5.32 Å². The fourth-order valence-corrected chi connectivity index (χ4v) is 3.34. The first kappa shape index (κ1) is 16.0. The number of hydrogen-bond acceptors (Lipinski definition) is 3. The number of rotatable bonds is 3. The number of benzene rings is 1. The summed E-state index contributed by atoms with van der Waals surface area (Å²) in [5.74, 6) is 0.223. The summed E-state index contributed by atoms with van der Waals surface area (Å²) in [5, 5.41) is 8.15. The van der Waals surface area contributed by atoms with Crippen molar-refractivity contribution in [2.24, 2.45) is 11.1 Å². The van der Waals surface area contributed by atoms with Gasteiger partial charge in [0, 0.05) is 11.6 Å². The molecule has 1 aromatic rings. The van der Waals surface area contributed by atoms with Crippen LogP contribution in [-0.4, -0.2) is 20.4 Å². The second-order valence-corrected chi connectivity index (χ2v) is 7.42. The van der Waals surface area contributed by atoms with E-state index in [0.717, 1.165) is 24.8 Å². The van der Waals surface area contributed by atoms with Crippen molar-refractivity contribution in [1.29, 1.82) is 0 Å². The maximum atomic E-state index is 12.4. The maximum absolute atomic E-state index is 12.4. The van der Waals surface area contributed by atoms with E-state index in [1.165, 1.54) is 18.6 Å². The second-order valence-electron chi connectivity index (χ2n) is 5.86. The molecule has 2 rings (SSSR count). The number of carbonyl (C=O) groups excluding carboxylic acids is 1. The summed E-state index contributed by atoms with van der Waals surface area (Å²) < 4.78 is 22.8. The Morgan fingerprint density at radius 1 is 1.29 bits per heavy atom. The van der Waals surface area contributed by atoms with Crippen molar-refractivity contribution in [2.45, 2.75) is 50.5 Å². The average Bonchev–Trinajstić information content (AvgIpc) is 2.40. The summed E-state index contributed by atoms with van der Waals surface area (Å²) in [6, 6.07) is 4.54. The predicted molar refractivity (Wildman–Crippen MR) is 81.4 cm³/mol. The van der Waals surface area contributed by atoms with E-state index in [4.69, 9.17) is 5.14 Å². The minimum absolute atomic E-state index is 0.0325. The van der Waals surface area contributed by atoms with Crippen LogP contribution in [0.3, 0.4) is 0 Å². The third kappa shape index (κ3) is 3.83. The smallest absolute Gasteiger partial charge is 0.251 e. The molecule has 1 amide bonds. The van der Waals surface area contributed by atoms with Crippen molar-refractivity contribution in [3.63, 3.8) is 0 Å². The van der Waals surface area contributed by atoms with Crippen LogP contribution in [0.5, 0.6) is 0 Å². The van der Waals surface area contributed by atoms with Crippen LogP contribution in [0.15, 0.2) is 23.1 Å². The van der Waals surface area contributed by atoms with Crippen LogP contribution in [0.1, 0.15) is 48.5 Å². The topological polar surface area (TPSA) is 89.3 Å². The fraction of sp³-hybridized carbons (Fsp3) is 0.533. The Bertz CT molecular complexity index is 640. The molecule has 6 heteroatoms. The molecule has 0 spiro atoms. The first-order valence-electron chi connectivity index (χ1n) is 7.23. The van der Waals surface area contributed by atoms with E-state index in [9.17, 15) is 13.2 Å². The van der Waals surface area contributed by atoms with Gasteiger partial charge in [-0.2, -0.15) is 0 Å². The molecule has 1 aliphatic rings. The Labute approximate surface area is 126 Å². The summed E-state index contributed by atoms with van der Waals surface area (Å²) in [5.41, 5.74) is 1.11. The van der Waals surface area contributed by atoms with Crippen molar-refractivity contribution >= 4 is 15.9 Å². The van der Waals surface area contributed by atoms with E-state index >= 15 is 0 Å². The molecule has 0 aromatic heterocycles. The van der Waals surface area contributed by atoms with Gasteiger partial charge in [0.1, 0.15) is 0 Å². The molecule has 0 saturated heterocycles. The van der Waals surface area contributed by atoms with E-state index < -0.39 is 10.0 Å². The first-order chi connectivity index (χ1) is 9.79. The molecule has 1 fully saturated rings. The lowest BCUT2D eigenvalue weighted by Gasteiger charge is -2.29. The molecular formula is C15H22N2O3S. The van der Waals surface area contributed by atoms with Crippen LogP contribution in [0.4, 0.5) is 0 Å². The summed E-state index contributed by atoms with van der Waals surface area (Å²) in [7, 11) is -3.80. The zero-order valence-electron chi connectivity index (χ0n) is 12.4. The van der Waals surface area contributed by atoms with Crippen LogP contribution in [-0.2, 0) is 10.0 Å². The van der Waals surface area contributed by atoms with E-state index in [1.54, 1.807) is 13.0 Å². The molecule has 5 nitrogen and oxygen atoms in total. The van der Waals surface area contributed by atoms with Gasteiger partial charge in [-0.3, -0.25) is 4.79 Å². The van der Waals surface area contributed by atoms with Crippen molar-refractivity contribution in [3.05, 3.63) is 29.3 Å². The SMILES string of the molecule is Cc1ccc(S(N)(=O)=O)cc1C(=O)NC1CCCCC1C. The Morgan fingerprint density at radius 3 is 2.57 bits per heavy atom. The van der Waals surface area contributed by atoms with Crippen molar-refractivity contribution in [2.75, 3.05) is 0 Å². The Balaban J connectivity index is 2.22. The number of aryl methyl sites for hydroxylation is 1. The molecular weight excluding hydrogens is 288 g/mol. The highest BCUT2D eigenvalue weighted by molar-refractivity contribution is 7.89. The van der Waals surface area contributed by atoms with Gasteiger partial charge >= 0.3 is 0 Å². The highest BCUT2D eigenvalue weighted by atomic mass is 32.2. The second kappa shape index (κ2) is 6.15. The molecule has 1 aromatic carbocycles. The quantitative estimate of drug-likeness (QED) is 0.894. The molecule has 2 atom stereocenters. The zero-order valence-corrected chi connectivity index (χ0v) is 13.2. The molecule has 1 aliphatic carbocycles.